The molecule has 4 heteroatoms. The molecule has 114 valence electrons. The zero-order valence-corrected chi connectivity index (χ0v) is 13.0. The van der Waals surface area contributed by atoms with Gasteiger partial charge in [-0.1, -0.05) is 6.92 Å². The van der Waals surface area contributed by atoms with Crippen molar-refractivity contribution < 1.29 is 14.3 Å². The molecular formula is C17H23NO3. The molecule has 0 saturated carbocycles. The van der Waals surface area contributed by atoms with Crippen LogP contribution in [0.25, 0.3) is 0 Å². The average molecular weight is 289 g/mol. The van der Waals surface area contributed by atoms with E-state index >= 15 is 0 Å². The van der Waals surface area contributed by atoms with Crippen molar-refractivity contribution in [2.45, 2.75) is 32.2 Å². The molecule has 0 bridgehead atoms. The molecule has 0 amide bonds. The number of carbonyl (C=O) groups is 1. The molecule has 0 aliphatic carbocycles. The summed E-state index contributed by atoms with van der Waals surface area (Å²) in [6.45, 7) is 4.03. The molecule has 3 rings (SSSR count). The number of hydrogen-bond donors (Lipinski definition) is 0. The van der Waals surface area contributed by atoms with Crippen LogP contribution in [0.1, 0.15) is 36.9 Å². The van der Waals surface area contributed by atoms with Gasteiger partial charge in [0.2, 0.25) is 0 Å². The van der Waals surface area contributed by atoms with Crippen molar-refractivity contribution in [3.63, 3.8) is 0 Å². The second kappa shape index (κ2) is 5.68. The van der Waals surface area contributed by atoms with Crippen LogP contribution in [0.4, 0.5) is 0 Å². The van der Waals surface area contributed by atoms with Gasteiger partial charge < -0.3 is 9.47 Å². The number of benzene rings is 1. The standard InChI is InChI=1S/C17H23NO3/c1-4-11-10-18-6-5-12-7-16(20-2)17(21-3)8-13(12)14(18)9-15(11)19/h7-8,11,14H,4-6,9-10H2,1-3H3/t11-,14+/m0/s1. The van der Waals surface area contributed by atoms with Crippen molar-refractivity contribution in [2.24, 2.45) is 5.92 Å². The summed E-state index contributed by atoms with van der Waals surface area (Å²) in [5.74, 6) is 2.14. The normalized spacial score (nSPS) is 25.2. The van der Waals surface area contributed by atoms with E-state index in [9.17, 15) is 4.79 Å². The largest absolute Gasteiger partial charge is 0.493 e. The van der Waals surface area contributed by atoms with Crippen LogP contribution in [-0.2, 0) is 11.2 Å². The first-order chi connectivity index (χ1) is 10.2. The number of rotatable bonds is 3. The zero-order valence-electron chi connectivity index (χ0n) is 13.0. The molecule has 0 unspecified atom stereocenters. The average Bonchev–Trinajstić information content (AvgIpc) is 2.52. The van der Waals surface area contributed by atoms with E-state index in [1.165, 1.54) is 11.1 Å². The highest BCUT2D eigenvalue weighted by Crippen LogP contribution is 2.42. The van der Waals surface area contributed by atoms with Crippen molar-refractivity contribution >= 4 is 5.78 Å². The van der Waals surface area contributed by atoms with Gasteiger partial charge in [-0.25, -0.2) is 0 Å². The summed E-state index contributed by atoms with van der Waals surface area (Å²) in [6, 6.07) is 4.34. The van der Waals surface area contributed by atoms with Crippen LogP contribution in [0.5, 0.6) is 11.5 Å². The van der Waals surface area contributed by atoms with Crippen molar-refractivity contribution in [2.75, 3.05) is 27.3 Å². The van der Waals surface area contributed by atoms with Gasteiger partial charge in [0.1, 0.15) is 5.78 Å². The number of nitrogens with zero attached hydrogens (tertiary/aromatic N) is 1. The lowest BCUT2D eigenvalue weighted by atomic mass is 9.82. The van der Waals surface area contributed by atoms with Gasteiger partial charge in [-0.2, -0.15) is 0 Å². The van der Waals surface area contributed by atoms with Crippen LogP contribution in [0.2, 0.25) is 0 Å². The number of Topliss-reactive ketones (excluding diaryl/α,β-unsaturated/α-hetero) is 1. The first-order valence-electron chi connectivity index (χ1n) is 7.69. The zero-order chi connectivity index (χ0) is 15.0. The Hall–Kier alpha value is -1.55. The molecular weight excluding hydrogens is 266 g/mol. The van der Waals surface area contributed by atoms with Crippen LogP contribution < -0.4 is 9.47 Å². The molecule has 4 nitrogen and oxygen atoms in total. The molecule has 0 radical (unpaired) electrons. The maximum absolute atomic E-state index is 12.3. The van der Waals surface area contributed by atoms with E-state index in [1.807, 2.05) is 0 Å². The number of ketones is 1. The lowest BCUT2D eigenvalue weighted by Crippen LogP contribution is -2.46. The predicted molar refractivity (Wildman–Crippen MR) is 81.0 cm³/mol. The highest BCUT2D eigenvalue weighted by atomic mass is 16.5. The topological polar surface area (TPSA) is 38.8 Å². The Bertz CT molecular complexity index is 555. The third kappa shape index (κ3) is 2.42. The minimum absolute atomic E-state index is 0.211. The summed E-state index contributed by atoms with van der Waals surface area (Å²) in [6.07, 6.45) is 2.58. The Morgan fingerprint density at radius 1 is 1.24 bits per heavy atom. The van der Waals surface area contributed by atoms with Crippen LogP contribution in [0, 0.1) is 5.92 Å². The highest BCUT2D eigenvalue weighted by molar-refractivity contribution is 5.83. The molecule has 2 atom stereocenters. The number of hydrogen-bond acceptors (Lipinski definition) is 4. The van der Waals surface area contributed by atoms with Gasteiger partial charge >= 0.3 is 0 Å². The maximum atomic E-state index is 12.3. The van der Waals surface area contributed by atoms with E-state index in [-0.39, 0.29) is 12.0 Å². The van der Waals surface area contributed by atoms with Crippen molar-refractivity contribution in [1.29, 1.82) is 0 Å². The second-order valence-corrected chi connectivity index (χ2v) is 5.94. The third-order valence-corrected chi connectivity index (χ3v) is 4.91. The number of carbonyl (C=O) groups excluding carboxylic acids is 1. The van der Waals surface area contributed by atoms with Gasteiger partial charge in [0, 0.05) is 31.5 Å². The number of ether oxygens (including phenoxy) is 2. The van der Waals surface area contributed by atoms with E-state index in [2.05, 4.69) is 24.0 Å². The maximum Gasteiger partial charge on any atom is 0.161 e. The monoisotopic (exact) mass is 289 g/mol. The molecule has 2 heterocycles. The summed E-state index contributed by atoms with van der Waals surface area (Å²) < 4.78 is 10.8. The van der Waals surface area contributed by atoms with Gasteiger partial charge in [0.25, 0.3) is 0 Å². The van der Waals surface area contributed by atoms with Crippen LogP contribution in [-0.4, -0.2) is 38.0 Å². The smallest absolute Gasteiger partial charge is 0.161 e. The summed E-state index contributed by atoms with van der Waals surface area (Å²) in [5.41, 5.74) is 2.53. The quantitative estimate of drug-likeness (QED) is 0.857. The van der Waals surface area contributed by atoms with E-state index in [0.717, 1.165) is 37.4 Å². The Morgan fingerprint density at radius 3 is 2.62 bits per heavy atom. The molecule has 1 saturated heterocycles. The van der Waals surface area contributed by atoms with E-state index < -0.39 is 0 Å². The highest BCUT2D eigenvalue weighted by Gasteiger charge is 2.37. The summed E-state index contributed by atoms with van der Waals surface area (Å²) >= 11 is 0. The lowest BCUT2D eigenvalue weighted by Gasteiger charge is -2.42. The molecule has 0 aromatic heterocycles. The van der Waals surface area contributed by atoms with Gasteiger partial charge in [-0.15, -0.1) is 0 Å². The van der Waals surface area contributed by atoms with Crippen LogP contribution in [0.15, 0.2) is 12.1 Å². The summed E-state index contributed by atoms with van der Waals surface area (Å²) in [5, 5.41) is 0. The van der Waals surface area contributed by atoms with Gasteiger partial charge in [0.05, 0.1) is 14.2 Å². The Labute approximate surface area is 126 Å². The number of fused-ring (bicyclic) bond motifs is 3. The minimum Gasteiger partial charge on any atom is -0.493 e. The summed E-state index contributed by atoms with van der Waals surface area (Å²) in [4.78, 5) is 14.7. The lowest BCUT2D eigenvalue weighted by molar-refractivity contribution is -0.128. The van der Waals surface area contributed by atoms with E-state index in [0.29, 0.717) is 12.2 Å². The number of piperidine rings is 1. The molecule has 1 aromatic rings. The fourth-order valence-corrected chi connectivity index (χ4v) is 3.64. The first-order valence-corrected chi connectivity index (χ1v) is 7.69. The van der Waals surface area contributed by atoms with Crippen molar-refractivity contribution in [3.8, 4) is 11.5 Å². The van der Waals surface area contributed by atoms with E-state index in [1.54, 1.807) is 14.2 Å². The molecule has 2 aliphatic heterocycles. The first kappa shape index (κ1) is 14.4. The predicted octanol–water partition coefficient (Wildman–Crippen LogP) is 2.60. The Morgan fingerprint density at radius 2 is 1.95 bits per heavy atom. The Balaban J connectivity index is 1.97. The number of methoxy groups -OCH3 is 2. The van der Waals surface area contributed by atoms with E-state index in [4.69, 9.17) is 9.47 Å². The van der Waals surface area contributed by atoms with Gasteiger partial charge in [-0.3, -0.25) is 9.69 Å². The molecule has 0 spiro atoms. The second-order valence-electron chi connectivity index (χ2n) is 5.94. The van der Waals surface area contributed by atoms with Crippen LogP contribution >= 0.6 is 0 Å². The molecule has 0 N–H and O–H groups in total. The fourth-order valence-electron chi connectivity index (χ4n) is 3.64. The molecule has 2 aliphatic rings. The minimum atomic E-state index is 0.211. The SMILES string of the molecule is CC[C@H]1CN2CCc3cc(OC)c(OC)cc3[C@H]2CC1=O. The summed E-state index contributed by atoms with van der Waals surface area (Å²) in [7, 11) is 3.32. The molecule has 21 heavy (non-hydrogen) atoms. The van der Waals surface area contributed by atoms with Crippen molar-refractivity contribution in [1.82, 2.24) is 4.90 Å². The Kier molecular flexibility index (Phi) is 3.89. The molecule has 1 aromatic carbocycles. The third-order valence-electron chi connectivity index (χ3n) is 4.91. The van der Waals surface area contributed by atoms with Crippen LogP contribution in [0.3, 0.4) is 0 Å². The molecule has 1 fully saturated rings. The van der Waals surface area contributed by atoms with Gasteiger partial charge in [-0.05, 0) is 36.1 Å². The fraction of sp³-hybridized carbons (Fsp3) is 0.588. The van der Waals surface area contributed by atoms with Gasteiger partial charge in [0.15, 0.2) is 11.5 Å². The van der Waals surface area contributed by atoms with Crippen molar-refractivity contribution in [3.05, 3.63) is 23.3 Å².